The molecule has 13 heavy (non-hydrogen) atoms. The van der Waals surface area contributed by atoms with E-state index in [0.29, 0.717) is 0 Å². The zero-order valence-corrected chi connectivity index (χ0v) is 9.00. The van der Waals surface area contributed by atoms with Gasteiger partial charge in [0.25, 0.3) is 0 Å². The van der Waals surface area contributed by atoms with E-state index < -0.39 is 0 Å². The van der Waals surface area contributed by atoms with E-state index in [2.05, 4.69) is 26.8 Å². The Labute approximate surface area is 80.6 Å². The van der Waals surface area contributed by atoms with E-state index in [1.807, 2.05) is 0 Å². The minimum atomic E-state index is -0.336. The molecular weight excluding hydrogens is 164 g/mol. The van der Waals surface area contributed by atoms with Gasteiger partial charge in [-0.1, -0.05) is 11.6 Å². The first-order chi connectivity index (χ1) is 5.96. The highest BCUT2D eigenvalue weighted by Crippen LogP contribution is 2.42. The molecule has 1 aliphatic rings. The molecule has 0 aromatic rings. The summed E-state index contributed by atoms with van der Waals surface area (Å²) in [5, 5.41) is 9.30. The monoisotopic (exact) mass is 184 g/mol. The SMILES string of the molecule is CC(C)=CCC[C@@]1(C)O[C@H]1[C@@H](C)O. The molecule has 1 rings (SSSR count). The zero-order valence-electron chi connectivity index (χ0n) is 9.00. The second kappa shape index (κ2) is 3.81. The Morgan fingerprint density at radius 3 is 2.62 bits per heavy atom. The van der Waals surface area contributed by atoms with Crippen LogP contribution in [0.15, 0.2) is 11.6 Å². The fraction of sp³-hybridized carbons (Fsp3) is 0.818. The van der Waals surface area contributed by atoms with Crippen LogP contribution in [-0.4, -0.2) is 22.9 Å². The Morgan fingerprint density at radius 2 is 2.23 bits per heavy atom. The maximum atomic E-state index is 9.30. The third kappa shape index (κ3) is 2.82. The summed E-state index contributed by atoms with van der Waals surface area (Å²) in [7, 11) is 0. The van der Waals surface area contributed by atoms with Crippen LogP contribution in [0.3, 0.4) is 0 Å². The van der Waals surface area contributed by atoms with Crippen molar-refractivity contribution >= 4 is 0 Å². The molecule has 2 heteroatoms. The smallest absolute Gasteiger partial charge is 0.113 e. The topological polar surface area (TPSA) is 32.8 Å². The van der Waals surface area contributed by atoms with Gasteiger partial charge in [-0.25, -0.2) is 0 Å². The van der Waals surface area contributed by atoms with Crippen molar-refractivity contribution in [3.63, 3.8) is 0 Å². The summed E-state index contributed by atoms with van der Waals surface area (Å²) in [5.74, 6) is 0. The predicted octanol–water partition coefficient (Wildman–Crippen LogP) is 2.27. The Kier molecular flexibility index (Phi) is 3.14. The molecule has 0 aromatic heterocycles. The summed E-state index contributed by atoms with van der Waals surface area (Å²) in [4.78, 5) is 0. The lowest BCUT2D eigenvalue weighted by Crippen LogP contribution is -2.19. The Morgan fingerprint density at radius 1 is 1.62 bits per heavy atom. The van der Waals surface area contributed by atoms with Gasteiger partial charge in [0.05, 0.1) is 11.7 Å². The first kappa shape index (κ1) is 10.7. The molecule has 0 amide bonds. The average molecular weight is 184 g/mol. The average Bonchev–Trinajstić information content (AvgIpc) is 2.62. The van der Waals surface area contributed by atoms with Crippen LogP contribution in [-0.2, 0) is 4.74 Å². The first-order valence-electron chi connectivity index (χ1n) is 4.95. The normalized spacial score (nSPS) is 34.1. The summed E-state index contributed by atoms with van der Waals surface area (Å²) < 4.78 is 5.47. The maximum absolute atomic E-state index is 9.30. The quantitative estimate of drug-likeness (QED) is 0.537. The van der Waals surface area contributed by atoms with Gasteiger partial charge in [-0.05, 0) is 40.5 Å². The minimum absolute atomic E-state index is 0.0538. The second-order valence-corrected chi connectivity index (χ2v) is 4.41. The van der Waals surface area contributed by atoms with Gasteiger partial charge < -0.3 is 9.84 Å². The fourth-order valence-corrected chi connectivity index (χ4v) is 1.71. The summed E-state index contributed by atoms with van der Waals surface area (Å²) >= 11 is 0. The van der Waals surface area contributed by atoms with Crippen LogP contribution in [0, 0.1) is 0 Å². The van der Waals surface area contributed by atoms with Gasteiger partial charge in [-0.3, -0.25) is 0 Å². The van der Waals surface area contributed by atoms with E-state index >= 15 is 0 Å². The van der Waals surface area contributed by atoms with E-state index in [0.717, 1.165) is 12.8 Å². The van der Waals surface area contributed by atoms with Crippen LogP contribution in [0.25, 0.3) is 0 Å². The summed E-state index contributed by atoms with van der Waals surface area (Å²) in [6.45, 7) is 8.06. The lowest BCUT2D eigenvalue weighted by atomic mass is 9.98. The van der Waals surface area contributed by atoms with Crippen LogP contribution in [0.5, 0.6) is 0 Å². The van der Waals surface area contributed by atoms with Crippen LogP contribution < -0.4 is 0 Å². The van der Waals surface area contributed by atoms with Gasteiger partial charge in [-0.15, -0.1) is 0 Å². The van der Waals surface area contributed by atoms with Crippen molar-refractivity contribution in [1.82, 2.24) is 0 Å². The number of aliphatic hydroxyl groups is 1. The molecule has 0 radical (unpaired) electrons. The molecule has 0 saturated carbocycles. The van der Waals surface area contributed by atoms with Crippen molar-refractivity contribution in [2.45, 2.75) is 58.3 Å². The highest BCUT2D eigenvalue weighted by Gasteiger charge is 2.53. The number of allylic oxidation sites excluding steroid dienone is 2. The van der Waals surface area contributed by atoms with Gasteiger partial charge in [0.2, 0.25) is 0 Å². The third-order valence-electron chi connectivity index (χ3n) is 2.57. The van der Waals surface area contributed by atoms with Gasteiger partial charge in [0.15, 0.2) is 0 Å². The van der Waals surface area contributed by atoms with Crippen molar-refractivity contribution < 1.29 is 9.84 Å². The largest absolute Gasteiger partial charge is 0.391 e. The van der Waals surface area contributed by atoms with Crippen molar-refractivity contribution in [1.29, 1.82) is 0 Å². The molecular formula is C11H20O2. The number of aliphatic hydroxyl groups excluding tert-OH is 1. The van der Waals surface area contributed by atoms with Crippen molar-refractivity contribution in [2.24, 2.45) is 0 Å². The van der Waals surface area contributed by atoms with E-state index in [9.17, 15) is 5.11 Å². The van der Waals surface area contributed by atoms with E-state index in [1.165, 1.54) is 5.57 Å². The molecule has 0 aliphatic carbocycles. The van der Waals surface area contributed by atoms with Gasteiger partial charge >= 0.3 is 0 Å². The molecule has 1 heterocycles. The Hall–Kier alpha value is -0.340. The summed E-state index contributed by atoms with van der Waals surface area (Å²) in [6, 6.07) is 0. The van der Waals surface area contributed by atoms with Crippen molar-refractivity contribution in [3.05, 3.63) is 11.6 Å². The van der Waals surface area contributed by atoms with Gasteiger partial charge in [0.1, 0.15) is 6.10 Å². The molecule has 2 nitrogen and oxygen atoms in total. The lowest BCUT2D eigenvalue weighted by molar-refractivity contribution is 0.152. The molecule has 1 fully saturated rings. The second-order valence-electron chi connectivity index (χ2n) is 4.41. The van der Waals surface area contributed by atoms with Crippen molar-refractivity contribution in [2.75, 3.05) is 0 Å². The van der Waals surface area contributed by atoms with Crippen LogP contribution in [0.4, 0.5) is 0 Å². The zero-order chi connectivity index (χ0) is 10.1. The standard InChI is InChI=1S/C11H20O2/c1-8(2)6-5-7-11(4)10(13-11)9(3)12/h6,9-10,12H,5,7H2,1-4H3/t9-,10+,11-/m1/s1. The van der Waals surface area contributed by atoms with Crippen LogP contribution in [0.2, 0.25) is 0 Å². The van der Waals surface area contributed by atoms with Gasteiger partial charge in [0, 0.05) is 0 Å². The Balaban J connectivity index is 2.28. The molecule has 76 valence electrons. The number of epoxide rings is 1. The van der Waals surface area contributed by atoms with Crippen LogP contribution >= 0.6 is 0 Å². The lowest BCUT2D eigenvalue weighted by Gasteiger charge is -2.05. The molecule has 1 N–H and O–H groups in total. The summed E-state index contributed by atoms with van der Waals surface area (Å²) in [6.07, 6.45) is 3.98. The predicted molar refractivity (Wildman–Crippen MR) is 53.6 cm³/mol. The van der Waals surface area contributed by atoms with Crippen molar-refractivity contribution in [3.8, 4) is 0 Å². The highest BCUT2D eigenvalue weighted by atomic mass is 16.6. The third-order valence-corrected chi connectivity index (χ3v) is 2.57. The molecule has 0 spiro atoms. The summed E-state index contributed by atoms with van der Waals surface area (Å²) in [5.41, 5.74) is 1.28. The van der Waals surface area contributed by atoms with E-state index in [1.54, 1.807) is 6.92 Å². The number of hydrogen-bond acceptors (Lipinski definition) is 2. The van der Waals surface area contributed by atoms with E-state index in [-0.39, 0.29) is 17.8 Å². The molecule has 0 unspecified atom stereocenters. The number of hydrogen-bond donors (Lipinski definition) is 1. The maximum Gasteiger partial charge on any atom is 0.113 e. The molecule has 0 bridgehead atoms. The molecule has 1 saturated heterocycles. The number of rotatable bonds is 4. The molecule has 3 atom stereocenters. The van der Waals surface area contributed by atoms with E-state index in [4.69, 9.17) is 4.74 Å². The number of ether oxygens (including phenoxy) is 1. The fourth-order valence-electron chi connectivity index (χ4n) is 1.71. The highest BCUT2D eigenvalue weighted by molar-refractivity contribution is 5.04. The first-order valence-corrected chi connectivity index (χ1v) is 4.95. The van der Waals surface area contributed by atoms with Gasteiger partial charge in [-0.2, -0.15) is 0 Å². The molecule has 0 aromatic carbocycles. The molecule has 1 aliphatic heterocycles. The minimum Gasteiger partial charge on any atom is -0.391 e. The van der Waals surface area contributed by atoms with Crippen LogP contribution in [0.1, 0.15) is 40.5 Å². The Bertz CT molecular complexity index is 204.